The van der Waals surface area contributed by atoms with Gasteiger partial charge in [-0.3, -0.25) is 9.69 Å². The normalized spacial score (nSPS) is 13.3. The fourth-order valence-electron chi connectivity index (χ4n) is 1.39. The maximum Gasteiger partial charge on any atom is 0.321 e. The second-order valence-corrected chi connectivity index (χ2v) is 5.98. The zero-order valence-electron chi connectivity index (χ0n) is 11.2. The molecule has 0 aromatic heterocycles. The van der Waals surface area contributed by atoms with Gasteiger partial charge in [0.1, 0.15) is 6.04 Å². The van der Waals surface area contributed by atoms with Gasteiger partial charge in [0.2, 0.25) is 0 Å². The maximum absolute atomic E-state index is 11.1. The average Bonchev–Trinajstić information content (AvgIpc) is 2.29. The molecule has 0 aromatic carbocycles. The highest BCUT2D eigenvalue weighted by atomic mass is 32.2. The van der Waals surface area contributed by atoms with Gasteiger partial charge < -0.3 is 10.0 Å². The highest BCUT2D eigenvalue weighted by molar-refractivity contribution is 7.98. The molecule has 1 unspecified atom stereocenters. The molecule has 0 aliphatic heterocycles. The summed E-state index contributed by atoms with van der Waals surface area (Å²) in [6, 6.07) is -0.376. The predicted octanol–water partition coefficient (Wildman–Crippen LogP) is 1.03. The average molecular weight is 280 g/mol. The molecule has 0 spiro atoms. The van der Waals surface area contributed by atoms with Gasteiger partial charge in [0.05, 0.1) is 0 Å². The van der Waals surface area contributed by atoms with Gasteiger partial charge in [0.15, 0.2) is 0 Å². The first-order chi connectivity index (χ1) is 8.02. The van der Waals surface area contributed by atoms with Gasteiger partial charge in [-0.05, 0) is 26.6 Å². The molecule has 1 atom stereocenters. The Morgan fingerprint density at radius 2 is 1.82 bits per heavy atom. The van der Waals surface area contributed by atoms with E-state index in [4.69, 9.17) is 5.11 Å². The molecule has 0 bridgehead atoms. The molecule has 0 heterocycles. The van der Waals surface area contributed by atoms with Crippen molar-refractivity contribution in [3.63, 3.8) is 0 Å². The molecule has 0 saturated carbocycles. The summed E-state index contributed by atoms with van der Waals surface area (Å²) in [4.78, 5) is 15.2. The van der Waals surface area contributed by atoms with E-state index < -0.39 is 5.97 Å². The minimum atomic E-state index is -0.728. The van der Waals surface area contributed by atoms with E-state index in [1.54, 1.807) is 11.8 Å². The van der Waals surface area contributed by atoms with Gasteiger partial charge >= 0.3 is 5.97 Å². The zero-order valence-corrected chi connectivity index (χ0v) is 12.8. The third-order valence-electron chi connectivity index (χ3n) is 2.65. The van der Waals surface area contributed by atoms with Gasteiger partial charge in [-0.1, -0.05) is 0 Å². The number of hydrogen-bond acceptors (Lipinski definition) is 5. The minimum Gasteiger partial charge on any atom is -0.480 e. The van der Waals surface area contributed by atoms with Crippen LogP contribution in [-0.2, 0) is 4.79 Å². The summed E-state index contributed by atoms with van der Waals surface area (Å²) in [6.07, 6.45) is 4.03. The Labute approximate surface area is 113 Å². The molecule has 102 valence electrons. The van der Waals surface area contributed by atoms with E-state index in [-0.39, 0.29) is 6.04 Å². The Bertz CT molecular complexity index is 218. The number of thioether (sulfide) groups is 2. The van der Waals surface area contributed by atoms with Crippen molar-refractivity contribution < 1.29 is 9.90 Å². The minimum absolute atomic E-state index is 0.376. The molecule has 1 N–H and O–H groups in total. The first kappa shape index (κ1) is 17.1. The van der Waals surface area contributed by atoms with Crippen molar-refractivity contribution in [3.8, 4) is 0 Å². The van der Waals surface area contributed by atoms with Crippen molar-refractivity contribution in [1.82, 2.24) is 9.80 Å². The molecular weight excluding hydrogens is 256 g/mol. The van der Waals surface area contributed by atoms with Crippen molar-refractivity contribution >= 4 is 29.5 Å². The van der Waals surface area contributed by atoms with E-state index in [2.05, 4.69) is 18.2 Å². The number of carboxylic acids is 1. The van der Waals surface area contributed by atoms with E-state index in [0.717, 1.165) is 25.4 Å². The molecule has 6 heteroatoms. The third kappa shape index (κ3) is 7.91. The lowest BCUT2D eigenvalue weighted by atomic mass is 10.3. The van der Waals surface area contributed by atoms with Crippen LogP contribution in [0.25, 0.3) is 0 Å². The molecule has 17 heavy (non-hydrogen) atoms. The Hall–Kier alpha value is 0.0900. The largest absolute Gasteiger partial charge is 0.480 e. The standard InChI is InChI=1S/C11H24N2O2S2/c1-12(7-8-16-3)5-6-13(2)10(9-17-4)11(14)15/h10H,5-9H2,1-4H3,(H,14,15). The van der Waals surface area contributed by atoms with Crippen molar-refractivity contribution in [2.45, 2.75) is 6.04 Å². The summed E-state index contributed by atoms with van der Waals surface area (Å²) in [5.74, 6) is 1.03. The monoisotopic (exact) mass is 280 g/mol. The van der Waals surface area contributed by atoms with E-state index in [1.165, 1.54) is 0 Å². The summed E-state index contributed by atoms with van der Waals surface area (Å²) in [6.45, 7) is 2.76. The Morgan fingerprint density at radius 1 is 1.18 bits per heavy atom. The summed E-state index contributed by atoms with van der Waals surface area (Å²) in [7, 11) is 3.96. The SMILES string of the molecule is CSCCN(C)CCN(C)C(CSC)C(=O)O. The van der Waals surface area contributed by atoms with Crippen LogP contribution in [-0.4, -0.2) is 84.7 Å². The van der Waals surface area contributed by atoms with Crippen molar-refractivity contribution in [1.29, 1.82) is 0 Å². The molecule has 0 amide bonds. The fourth-order valence-corrected chi connectivity index (χ4v) is 2.60. The number of rotatable bonds is 10. The van der Waals surface area contributed by atoms with Crippen LogP contribution >= 0.6 is 23.5 Å². The van der Waals surface area contributed by atoms with Gasteiger partial charge in [0, 0.05) is 31.1 Å². The number of aliphatic carboxylic acids is 1. The predicted molar refractivity (Wildman–Crippen MR) is 78.3 cm³/mol. The van der Waals surface area contributed by atoms with E-state index >= 15 is 0 Å². The summed E-state index contributed by atoms with van der Waals surface area (Å²) >= 11 is 3.41. The van der Waals surface area contributed by atoms with Crippen molar-refractivity contribution in [2.75, 3.05) is 57.7 Å². The number of nitrogens with zero attached hydrogens (tertiary/aromatic N) is 2. The molecule has 0 aliphatic rings. The van der Waals surface area contributed by atoms with E-state index in [0.29, 0.717) is 5.75 Å². The fraction of sp³-hybridized carbons (Fsp3) is 0.909. The molecule has 4 nitrogen and oxygen atoms in total. The first-order valence-corrected chi connectivity index (χ1v) is 8.41. The number of likely N-dealkylation sites (N-methyl/N-ethyl adjacent to an activating group) is 2. The Morgan fingerprint density at radius 3 is 2.29 bits per heavy atom. The zero-order chi connectivity index (χ0) is 13.3. The van der Waals surface area contributed by atoms with Crippen LogP contribution < -0.4 is 0 Å². The highest BCUT2D eigenvalue weighted by Crippen LogP contribution is 2.05. The van der Waals surface area contributed by atoms with Gasteiger partial charge in [0.25, 0.3) is 0 Å². The molecule has 0 aliphatic carbocycles. The van der Waals surface area contributed by atoms with Crippen LogP contribution in [0.1, 0.15) is 0 Å². The van der Waals surface area contributed by atoms with E-state index in [1.807, 2.05) is 30.0 Å². The van der Waals surface area contributed by atoms with Crippen LogP contribution in [0.5, 0.6) is 0 Å². The highest BCUT2D eigenvalue weighted by Gasteiger charge is 2.21. The van der Waals surface area contributed by atoms with E-state index in [9.17, 15) is 4.79 Å². The summed E-state index contributed by atoms with van der Waals surface area (Å²) < 4.78 is 0. The molecule has 0 fully saturated rings. The van der Waals surface area contributed by atoms with Gasteiger partial charge in [-0.15, -0.1) is 0 Å². The van der Waals surface area contributed by atoms with Crippen LogP contribution in [0.15, 0.2) is 0 Å². The number of carbonyl (C=O) groups is 1. The number of carboxylic acid groups (broad SMARTS) is 1. The van der Waals surface area contributed by atoms with Crippen LogP contribution in [0.4, 0.5) is 0 Å². The smallest absolute Gasteiger partial charge is 0.321 e. The van der Waals surface area contributed by atoms with Gasteiger partial charge in [-0.25, -0.2) is 0 Å². The lowest BCUT2D eigenvalue weighted by Gasteiger charge is -2.26. The van der Waals surface area contributed by atoms with Crippen molar-refractivity contribution in [3.05, 3.63) is 0 Å². The Kier molecular flexibility index (Phi) is 10.1. The lowest BCUT2D eigenvalue weighted by Crippen LogP contribution is -2.43. The second-order valence-electron chi connectivity index (χ2n) is 4.09. The molecule has 0 radical (unpaired) electrons. The second kappa shape index (κ2) is 10.1. The molecule has 0 aromatic rings. The summed E-state index contributed by atoms with van der Waals surface area (Å²) in [5.41, 5.74) is 0. The van der Waals surface area contributed by atoms with Crippen LogP contribution in [0.3, 0.4) is 0 Å². The van der Waals surface area contributed by atoms with Crippen molar-refractivity contribution in [2.24, 2.45) is 0 Å². The summed E-state index contributed by atoms with van der Waals surface area (Å²) in [5, 5.41) is 9.11. The first-order valence-electron chi connectivity index (χ1n) is 5.62. The lowest BCUT2D eigenvalue weighted by molar-refractivity contribution is -0.141. The molecule has 0 rings (SSSR count). The molecule has 0 saturated heterocycles. The number of hydrogen-bond donors (Lipinski definition) is 1. The topological polar surface area (TPSA) is 43.8 Å². The Balaban J connectivity index is 3.96. The third-order valence-corrected chi connectivity index (χ3v) is 3.89. The van der Waals surface area contributed by atoms with Gasteiger partial charge in [-0.2, -0.15) is 23.5 Å². The van der Waals surface area contributed by atoms with Crippen LogP contribution in [0.2, 0.25) is 0 Å². The maximum atomic E-state index is 11.1. The quantitative estimate of drug-likeness (QED) is 0.645. The molecular formula is C11H24N2O2S2. The van der Waals surface area contributed by atoms with Crippen LogP contribution in [0, 0.1) is 0 Å².